The van der Waals surface area contributed by atoms with Crippen molar-refractivity contribution in [3.63, 3.8) is 0 Å². The maximum absolute atomic E-state index is 11.5. The first kappa shape index (κ1) is 24.2. The molecule has 33 heavy (non-hydrogen) atoms. The van der Waals surface area contributed by atoms with E-state index in [4.69, 9.17) is 22.2 Å². The van der Waals surface area contributed by atoms with Crippen molar-refractivity contribution in [2.24, 2.45) is 23.5 Å². The minimum absolute atomic E-state index is 0.0484. The highest BCUT2D eigenvalue weighted by atomic mass is 35.5. The van der Waals surface area contributed by atoms with Crippen LogP contribution in [0.2, 0.25) is 0 Å². The summed E-state index contributed by atoms with van der Waals surface area (Å²) in [7, 11) is 0. The Hall–Kier alpha value is -0.480. The zero-order chi connectivity index (χ0) is 22.8. The number of piperidine rings is 2. The van der Waals surface area contributed by atoms with Crippen molar-refractivity contribution in [1.82, 2.24) is 25.9 Å². The highest BCUT2D eigenvalue weighted by Gasteiger charge is 2.42. The predicted molar refractivity (Wildman–Crippen MR) is 129 cm³/mol. The average Bonchev–Trinajstić information content (AvgIpc) is 3.50. The molecule has 5 aliphatic rings. The molecule has 0 bridgehead atoms. The fourth-order valence-electron chi connectivity index (χ4n) is 6.87. The predicted octanol–water partition coefficient (Wildman–Crippen LogP) is 1.55. The van der Waals surface area contributed by atoms with E-state index in [1.165, 1.54) is 51.6 Å². The van der Waals surface area contributed by atoms with Crippen LogP contribution in [0.25, 0.3) is 0 Å². The van der Waals surface area contributed by atoms with Crippen LogP contribution in [0.3, 0.4) is 0 Å². The summed E-state index contributed by atoms with van der Waals surface area (Å²) in [4.78, 5) is 22.8. The number of hydroxylamine groups is 1. The van der Waals surface area contributed by atoms with Crippen LogP contribution in [-0.4, -0.2) is 78.4 Å². The van der Waals surface area contributed by atoms with E-state index in [1.54, 1.807) is 0 Å². The van der Waals surface area contributed by atoms with Crippen LogP contribution in [0.5, 0.6) is 0 Å². The summed E-state index contributed by atoms with van der Waals surface area (Å²) < 4.78 is 0. The van der Waals surface area contributed by atoms with Gasteiger partial charge in [-0.25, -0.2) is 0 Å². The molecule has 5 atom stereocenters. The van der Waals surface area contributed by atoms with E-state index >= 15 is 0 Å². The van der Waals surface area contributed by atoms with Gasteiger partial charge in [0.25, 0.3) is 0 Å². The molecule has 4 heterocycles. The number of carbonyl (C=O) groups is 1. The van der Waals surface area contributed by atoms with Gasteiger partial charge in [-0.3, -0.25) is 24.7 Å². The van der Waals surface area contributed by atoms with Gasteiger partial charge in [0.15, 0.2) is 0 Å². The Kier molecular flexibility index (Phi) is 8.12. The third kappa shape index (κ3) is 5.85. The van der Waals surface area contributed by atoms with E-state index < -0.39 is 0 Å². The molecular formula is C24H43ClN6O2. The Balaban J connectivity index is 1.10. The summed E-state index contributed by atoms with van der Waals surface area (Å²) in [6.07, 6.45) is 12.0. The van der Waals surface area contributed by atoms with Crippen LogP contribution in [-0.2, 0) is 9.63 Å². The molecule has 0 spiro atoms. The summed E-state index contributed by atoms with van der Waals surface area (Å²) >= 11 is 6.32. The molecule has 1 saturated carbocycles. The number of nitrogens with one attached hydrogen (secondary N) is 3. The zero-order valence-electron chi connectivity index (χ0n) is 19.9. The van der Waals surface area contributed by atoms with Gasteiger partial charge < -0.3 is 11.1 Å². The second-order valence-electron chi connectivity index (χ2n) is 11.1. The Labute approximate surface area is 203 Å². The standard InChI is InChI=1S/C24H43ClN6O2/c25-19-5-3-16(4-6-19)15-31-11-1-2-20(31)24-28-23(29-33-24)18-7-10-27-21(14-18)30-12-8-17(9-13-30)22(26)32/h16-21,23-24,27-29H,1-15H2,(H2,26,32)/t16?,18?,19?,20-,21?,23?,24?/m0/s1. The maximum Gasteiger partial charge on any atom is 0.220 e. The van der Waals surface area contributed by atoms with E-state index in [0.29, 0.717) is 23.5 Å². The Bertz CT molecular complexity index is 655. The van der Waals surface area contributed by atoms with Crippen molar-refractivity contribution in [3.8, 4) is 0 Å². The van der Waals surface area contributed by atoms with Gasteiger partial charge in [0.2, 0.25) is 5.91 Å². The molecule has 8 nitrogen and oxygen atoms in total. The third-order valence-corrected chi connectivity index (χ3v) is 9.40. The van der Waals surface area contributed by atoms with Crippen LogP contribution in [0.15, 0.2) is 0 Å². The molecule has 1 amide bonds. The van der Waals surface area contributed by atoms with Crippen molar-refractivity contribution in [2.75, 3.05) is 32.7 Å². The lowest BCUT2D eigenvalue weighted by atomic mass is 9.88. The number of nitrogens with zero attached hydrogens (tertiary/aromatic N) is 2. The molecule has 0 aromatic heterocycles. The van der Waals surface area contributed by atoms with Crippen LogP contribution < -0.4 is 21.8 Å². The largest absolute Gasteiger partial charge is 0.369 e. The van der Waals surface area contributed by atoms with Crippen molar-refractivity contribution in [1.29, 1.82) is 0 Å². The first-order valence-electron chi connectivity index (χ1n) is 13.4. The van der Waals surface area contributed by atoms with Crippen molar-refractivity contribution in [2.45, 2.75) is 94.2 Å². The molecule has 5 fully saturated rings. The van der Waals surface area contributed by atoms with E-state index in [9.17, 15) is 4.79 Å². The molecule has 9 heteroatoms. The second-order valence-corrected chi connectivity index (χ2v) is 11.7. The van der Waals surface area contributed by atoms with Gasteiger partial charge in [-0.15, -0.1) is 11.6 Å². The normalized spacial score (nSPS) is 42.0. The number of likely N-dealkylation sites (tertiary alicyclic amines) is 2. The topological polar surface area (TPSA) is 94.9 Å². The smallest absolute Gasteiger partial charge is 0.220 e. The molecule has 1 aliphatic carbocycles. The first-order valence-corrected chi connectivity index (χ1v) is 13.8. The van der Waals surface area contributed by atoms with E-state index in [1.807, 2.05) is 0 Å². The summed E-state index contributed by atoms with van der Waals surface area (Å²) in [5.74, 6) is 1.23. The number of halogens is 1. The average molecular weight is 483 g/mol. The molecule has 4 aliphatic heterocycles. The molecule has 4 saturated heterocycles. The zero-order valence-corrected chi connectivity index (χ0v) is 20.6. The molecular weight excluding hydrogens is 440 g/mol. The van der Waals surface area contributed by atoms with Gasteiger partial charge in [0, 0.05) is 30.9 Å². The number of amides is 1. The van der Waals surface area contributed by atoms with Crippen molar-refractivity contribution < 1.29 is 9.63 Å². The molecule has 5 rings (SSSR count). The number of hydrogen-bond donors (Lipinski definition) is 4. The van der Waals surface area contributed by atoms with Gasteiger partial charge in [-0.2, -0.15) is 5.48 Å². The fourth-order valence-corrected chi connectivity index (χ4v) is 7.12. The molecule has 4 unspecified atom stereocenters. The minimum Gasteiger partial charge on any atom is -0.369 e. The van der Waals surface area contributed by atoms with Crippen LogP contribution in [0.1, 0.15) is 64.2 Å². The lowest BCUT2D eigenvalue weighted by Crippen LogP contribution is -2.57. The van der Waals surface area contributed by atoms with Gasteiger partial charge in [-0.05, 0) is 89.1 Å². The molecule has 5 N–H and O–H groups in total. The van der Waals surface area contributed by atoms with Gasteiger partial charge in [0.1, 0.15) is 6.23 Å². The molecule has 0 aromatic rings. The van der Waals surface area contributed by atoms with Gasteiger partial charge in [-0.1, -0.05) is 0 Å². The van der Waals surface area contributed by atoms with E-state index in [-0.39, 0.29) is 24.2 Å². The van der Waals surface area contributed by atoms with Crippen LogP contribution >= 0.6 is 11.6 Å². The Morgan fingerprint density at radius 1 is 1.03 bits per heavy atom. The lowest BCUT2D eigenvalue weighted by Gasteiger charge is -2.42. The lowest BCUT2D eigenvalue weighted by molar-refractivity contribution is -0.123. The minimum atomic E-state index is -0.139. The second kappa shape index (κ2) is 11.1. The number of rotatable bonds is 6. The highest BCUT2D eigenvalue weighted by Crippen LogP contribution is 2.32. The van der Waals surface area contributed by atoms with E-state index in [0.717, 1.165) is 51.2 Å². The summed E-state index contributed by atoms with van der Waals surface area (Å²) in [5.41, 5.74) is 8.88. The van der Waals surface area contributed by atoms with Gasteiger partial charge >= 0.3 is 0 Å². The number of carbonyl (C=O) groups excluding carboxylic acids is 1. The Morgan fingerprint density at radius 3 is 2.58 bits per heavy atom. The third-order valence-electron chi connectivity index (χ3n) is 8.96. The van der Waals surface area contributed by atoms with Crippen molar-refractivity contribution in [3.05, 3.63) is 0 Å². The van der Waals surface area contributed by atoms with Crippen LogP contribution in [0.4, 0.5) is 0 Å². The van der Waals surface area contributed by atoms with Gasteiger partial charge in [0.05, 0.1) is 18.4 Å². The maximum atomic E-state index is 11.5. The quantitative estimate of drug-likeness (QED) is 0.426. The molecule has 0 radical (unpaired) electrons. The number of nitrogens with two attached hydrogens (primary N) is 1. The number of primary amides is 1. The number of alkyl halides is 1. The molecule has 0 aromatic carbocycles. The monoisotopic (exact) mass is 482 g/mol. The highest BCUT2D eigenvalue weighted by molar-refractivity contribution is 6.20. The van der Waals surface area contributed by atoms with Crippen LogP contribution in [0, 0.1) is 17.8 Å². The number of hydrogen-bond acceptors (Lipinski definition) is 7. The fraction of sp³-hybridized carbons (Fsp3) is 0.958. The summed E-state index contributed by atoms with van der Waals surface area (Å²) in [5, 5.41) is 7.92. The summed E-state index contributed by atoms with van der Waals surface area (Å²) in [6.45, 7) is 5.30. The summed E-state index contributed by atoms with van der Waals surface area (Å²) in [6, 6.07) is 0.460. The molecule has 188 valence electrons. The Morgan fingerprint density at radius 2 is 1.82 bits per heavy atom. The first-order chi connectivity index (χ1) is 16.1. The van der Waals surface area contributed by atoms with Crippen molar-refractivity contribution >= 4 is 17.5 Å². The van der Waals surface area contributed by atoms with E-state index in [2.05, 4.69) is 25.9 Å². The SMILES string of the molecule is NC(=O)C1CCN(C2CC(C3NOC([C@@H]4CCCN4CC4CCC(Cl)CC4)N3)CCN2)CC1.